The molecule has 0 bridgehead atoms. The van der Waals surface area contributed by atoms with Gasteiger partial charge in [0.05, 0.1) is 7.11 Å². The van der Waals surface area contributed by atoms with Gasteiger partial charge < -0.3 is 15.4 Å². The Morgan fingerprint density at radius 2 is 2.00 bits per heavy atom. The molecule has 1 aromatic rings. The molecule has 1 atom stereocenters. The summed E-state index contributed by atoms with van der Waals surface area (Å²) in [4.78, 5) is 3.67. The third kappa shape index (κ3) is 4.71. The van der Waals surface area contributed by atoms with Crippen LogP contribution in [0.3, 0.4) is 0 Å². The van der Waals surface area contributed by atoms with Gasteiger partial charge in [0.25, 0.3) is 0 Å². The van der Waals surface area contributed by atoms with Crippen LogP contribution >= 0.6 is 11.8 Å². The monoisotopic (exact) mass is 282 g/mol. The van der Waals surface area contributed by atoms with E-state index in [0.29, 0.717) is 0 Å². The highest BCUT2D eigenvalue weighted by atomic mass is 32.2. The SMILES string of the molecule is CCN(CC)CCSc1cccc(OC)c1C(C)N. The molecule has 0 aromatic heterocycles. The summed E-state index contributed by atoms with van der Waals surface area (Å²) in [6, 6.07) is 6.14. The Bertz CT molecular complexity index is 378. The molecule has 0 heterocycles. The van der Waals surface area contributed by atoms with Gasteiger partial charge in [0, 0.05) is 28.8 Å². The Balaban J connectivity index is 2.72. The lowest BCUT2D eigenvalue weighted by Gasteiger charge is -2.19. The molecule has 19 heavy (non-hydrogen) atoms. The number of methoxy groups -OCH3 is 1. The number of rotatable bonds is 8. The topological polar surface area (TPSA) is 38.5 Å². The molecule has 4 heteroatoms. The molecule has 0 fully saturated rings. The zero-order valence-corrected chi connectivity index (χ0v) is 13.3. The molecular weight excluding hydrogens is 256 g/mol. The average molecular weight is 282 g/mol. The smallest absolute Gasteiger partial charge is 0.124 e. The summed E-state index contributed by atoms with van der Waals surface area (Å²) in [6.45, 7) is 9.73. The van der Waals surface area contributed by atoms with Crippen molar-refractivity contribution in [3.05, 3.63) is 23.8 Å². The van der Waals surface area contributed by atoms with Gasteiger partial charge in [-0.25, -0.2) is 0 Å². The van der Waals surface area contributed by atoms with Crippen LogP contribution in [0.25, 0.3) is 0 Å². The lowest BCUT2D eigenvalue weighted by Crippen LogP contribution is -2.25. The number of benzene rings is 1. The number of hydrogen-bond donors (Lipinski definition) is 1. The van der Waals surface area contributed by atoms with Crippen molar-refractivity contribution in [3.8, 4) is 5.75 Å². The first kappa shape index (κ1) is 16.3. The van der Waals surface area contributed by atoms with Gasteiger partial charge in [-0.2, -0.15) is 0 Å². The minimum Gasteiger partial charge on any atom is -0.496 e. The normalized spacial score (nSPS) is 12.7. The third-order valence-electron chi connectivity index (χ3n) is 3.26. The molecule has 0 spiro atoms. The zero-order chi connectivity index (χ0) is 14.3. The van der Waals surface area contributed by atoms with Crippen molar-refractivity contribution >= 4 is 11.8 Å². The molecule has 0 aliphatic carbocycles. The van der Waals surface area contributed by atoms with Crippen LogP contribution in [-0.4, -0.2) is 37.4 Å². The summed E-state index contributed by atoms with van der Waals surface area (Å²) in [6.07, 6.45) is 0. The maximum atomic E-state index is 6.07. The molecule has 0 radical (unpaired) electrons. The van der Waals surface area contributed by atoms with Gasteiger partial charge in [0.2, 0.25) is 0 Å². The fourth-order valence-corrected chi connectivity index (χ4v) is 3.29. The van der Waals surface area contributed by atoms with E-state index in [4.69, 9.17) is 10.5 Å². The van der Waals surface area contributed by atoms with E-state index in [1.54, 1.807) is 7.11 Å². The first-order valence-corrected chi connectivity index (χ1v) is 7.90. The first-order chi connectivity index (χ1) is 9.13. The Hall–Kier alpha value is -0.710. The minimum atomic E-state index is -0.00731. The third-order valence-corrected chi connectivity index (χ3v) is 4.31. The van der Waals surface area contributed by atoms with E-state index in [1.807, 2.05) is 30.8 Å². The number of nitrogens with zero attached hydrogens (tertiary/aromatic N) is 1. The van der Waals surface area contributed by atoms with Crippen molar-refractivity contribution < 1.29 is 4.74 Å². The Labute approximate surface area is 121 Å². The fraction of sp³-hybridized carbons (Fsp3) is 0.600. The van der Waals surface area contributed by atoms with Crippen molar-refractivity contribution in [2.24, 2.45) is 5.73 Å². The van der Waals surface area contributed by atoms with E-state index >= 15 is 0 Å². The van der Waals surface area contributed by atoms with Crippen molar-refractivity contribution in [2.75, 3.05) is 32.5 Å². The zero-order valence-electron chi connectivity index (χ0n) is 12.5. The summed E-state index contributed by atoms with van der Waals surface area (Å²) in [5, 5.41) is 0. The van der Waals surface area contributed by atoms with E-state index in [1.165, 1.54) is 4.90 Å². The lowest BCUT2D eigenvalue weighted by atomic mass is 10.1. The van der Waals surface area contributed by atoms with Crippen LogP contribution in [0.4, 0.5) is 0 Å². The molecule has 0 aliphatic rings. The predicted octanol–water partition coefficient (Wildman–Crippen LogP) is 3.15. The average Bonchev–Trinajstić information content (AvgIpc) is 2.42. The number of hydrogen-bond acceptors (Lipinski definition) is 4. The van der Waals surface area contributed by atoms with Gasteiger partial charge in [-0.3, -0.25) is 0 Å². The summed E-state index contributed by atoms with van der Waals surface area (Å²) >= 11 is 1.86. The maximum absolute atomic E-state index is 6.07. The lowest BCUT2D eigenvalue weighted by molar-refractivity contribution is 0.324. The molecule has 2 N–H and O–H groups in total. The van der Waals surface area contributed by atoms with E-state index in [-0.39, 0.29) is 6.04 Å². The molecule has 108 valence electrons. The second-order valence-electron chi connectivity index (χ2n) is 4.54. The van der Waals surface area contributed by atoms with Crippen molar-refractivity contribution in [2.45, 2.75) is 31.7 Å². The van der Waals surface area contributed by atoms with E-state index in [2.05, 4.69) is 24.8 Å². The highest BCUT2D eigenvalue weighted by molar-refractivity contribution is 7.99. The van der Waals surface area contributed by atoms with E-state index < -0.39 is 0 Å². The van der Waals surface area contributed by atoms with Crippen LogP contribution in [0.1, 0.15) is 32.4 Å². The van der Waals surface area contributed by atoms with Gasteiger partial charge >= 0.3 is 0 Å². The minimum absolute atomic E-state index is 0.00731. The Morgan fingerprint density at radius 1 is 1.32 bits per heavy atom. The highest BCUT2D eigenvalue weighted by Crippen LogP contribution is 2.33. The molecule has 3 nitrogen and oxygen atoms in total. The van der Waals surface area contributed by atoms with Gasteiger partial charge in [-0.1, -0.05) is 19.9 Å². The Morgan fingerprint density at radius 3 is 2.53 bits per heavy atom. The molecule has 0 saturated carbocycles. The number of nitrogens with two attached hydrogens (primary N) is 1. The molecule has 1 aromatic carbocycles. The van der Waals surface area contributed by atoms with Crippen molar-refractivity contribution in [1.82, 2.24) is 4.90 Å². The van der Waals surface area contributed by atoms with Gasteiger partial charge in [0.1, 0.15) is 5.75 Å². The van der Waals surface area contributed by atoms with E-state index in [9.17, 15) is 0 Å². The highest BCUT2D eigenvalue weighted by Gasteiger charge is 2.13. The number of thioether (sulfide) groups is 1. The second kappa shape index (κ2) is 8.46. The maximum Gasteiger partial charge on any atom is 0.124 e. The van der Waals surface area contributed by atoms with Crippen molar-refractivity contribution in [3.63, 3.8) is 0 Å². The van der Waals surface area contributed by atoms with Crippen LogP contribution in [-0.2, 0) is 0 Å². The fourth-order valence-electron chi connectivity index (χ4n) is 2.10. The summed E-state index contributed by atoms with van der Waals surface area (Å²) in [5.74, 6) is 1.97. The summed E-state index contributed by atoms with van der Waals surface area (Å²) in [5.41, 5.74) is 7.19. The molecule has 1 rings (SSSR count). The summed E-state index contributed by atoms with van der Waals surface area (Å²) in [7, 11) is 1.70. The van der Waals surface area contributed by atoms with Gasteiger partial charge in [0.15, 0.2) is 0 Å². The van der Waals surface area contributed by atoms with Crippen LogP contribution in [0, 0.1) is 0 Å². The molecule has 0 aliphatic heterocycles. The van der Waals surface area contributed by atoms with Gasteiger partial charge in [-0.05, 0) is 32.1 Å². The number of ether oxygens (including phenoxy) is 1. The van der Waals surface area contributed by atoms with Crippen LogP contribution < -0.4 is 10.5 Å². The molecular formula is C15H26N2OS. The standard InChI is InChI=1S/C15H26N2OS/c1-5-17(6-2)10-11-19-14-9-7-8-13(18-4)15(14)12(3)16/h7-9,12H,5-6,10-11,16H2,1-4H3. The van der Waals surface area contributed by atoms with Crippen LogP contribution in [0.2, 0.25) is 0 Å². The largest absolute Gasteiger partial charge is 0.496 e. The van der Waals surface area contributed by atoms with E-state index in [0.717, 1.165) is 36.7 Å². The van der Waals surface area contributed by atoms with Crippen LogP contribution in [0.15, 0.2) is 23.1 Å². The van der Waals surface area contributed by atoms with Crippen molar-refractivity contribution in [1.29, 1.82) is 0 Å². The second-order valence-corrected chi connectivity index (χ2v) is 5.67. The van der Waals surface area contributed by atoms with Gasteiger partial charge in [-0.15, -0.1) is 11.8 Å². The molecule has 0 saturated heterocycles. The summed E-state index contributed by atoms with van der Waals surface area (Å²) < 4.78 is 5.41. The first-order valence-electron chi connectivity index (χ1n) is 6.91. The molecule has 1 unspecified atom stereocenters. The Kier molecular flexibility index (Phi) is 7.28. The molecule has 0 amide bonds. The van der Waals surface area contributed by atoms with Crippen LogP contribution in [0.5, 0.6) is 5.75 Å². The predicted molar refractivity (Wildman–Crippen MR) is 84.1 cm³/mol. The quantitative estimate of drug-likeness (QED) is 0.743.